The molecule has 1 aliphatic carbocycles. The Hall–Kier alpha value is -1.50. The van der Waals surface area contributed by atoms with E-state index in [0.29, 0.717) is 11.3 Å². The highest BCUT2D eigenvalue weighted by Gasteiger charge is 2.48. The van der Waals surface area contributed by atoms with E-state index in [2.05, 4.69) is 5.10 Å². The summed E-state index contributed by atoms with van der Waals surface area (Å²) in [7, 11) is -3.54. The van der Waals surface area contributed by atoms with Gasteiger partial charge < -0.3 is 0 Å². The molecule has 0 bridgehead atoms. The highest BCUT2D eigenvalue weighted by Crippen LogP contribution is 2.33. The van der Waals surface area contributed by atoms with Crippen molar-refractivity contribution < 1.29 is 18.0 Å². The van der Waals surface area contributed by atoms with Gasteiger partial charge in [0.2, 0.25) is 21.6 Å². The number of hydrogen-bond acceptors (Lipinski definition) is 5. The summed E-state index contributed by atoms with van der Waals surface area (Å²) >= 11 is 0. The van der Waals surface area contributed by atoms with E-state index >= 15 is 0 Å². The number of Topliss-reactive ketones (excluding diaryl/α,β-unsaturated/α-hetero) is 1. The second kappa shape index (κ2) is 3.49. The van der Waals surface area contributed by atoms with Crippen LogP contribution in [-0.4, -0.2) is 42.4 Å². The summed E-state index contributed by atoms with van der Waals surface area (Å²) in [6, 6.07) is -0.671. The maximum Gasteiger partial charge on any atom is 0.247 e. The third kappa shape index (κ3) is 1.70. The summed E-state index contributed by atoms with van der Waals surface area (Å²) in [6.07, 6.45) is 2.22. The van der Waals surface area contributed by atoms with Crippen LogP contribution in [-0.2, 0) is 19.6 Å². The van der Waals surface area contributed by atoms with Crippen LogP contribution in [0, 0.1) is 5.92 Å². The minimum atomic E-state index is -3.54. The molecule has 7 heteroatoms. The Morgan fingerprint density at radius 2 is 1.88 bits per heavy atom. The van der Waals surface area contributed by atoms with Gasteiger partial charge in [0.25, 0.3) is 0 Å². The van der Waals surface area contributed by atoms with Crippen molar-refractivity contribution in [3.8, 4) is 0 Å². The van der Waals surface area contributed by atoms with Gasteiger partial charge in [-0.1, -0.05) is 0 Å². The average molecular weight is 256 g/mol. The van der Waals surface area contributed by atoms with Crippen molar-refractivity contribution in [3.63, 3.8) is 0 Å². The van der Waals surface area contributed by atoms with Gasteiger partial charge in [0, 0.05) is 5.71 Å². The van der Waals surface area contributed by atoms with Gasteiger partial charge in [-0.25, -0.2) is 8.42 Å². The zero-order chi connectivity index (χ0) is 13.0. The van der Waals surface area contributed by atoms with E-state index in [1.807, 2.05) is 0 Å². The number of carbonyl (C=O) groups excluding carboxylic acids is 2. The van der Waals surface area contributed by atoms with Crippen LogP contribution in [0.5, 0.6) is 0 Å². The molecule has 0 amide bonds. The summed E-state index contributed by atoms with van der Waals surface area (Å²) in [6.45, 7) is 3.20. The third-order valence-corrected chi connectivity index (χ3v) is 3.94. The minimum Gasteiger partial charge on any atom is -0.290 e. The number of fused-ring (bicyclic) bond motifs is 1. The van der Waals surface area contributed by atoms with Gasteiger partial charge in [-0.3, -0.25) is 9.59 Å². The fourth-order valence-electron chi connectivity index (χ4n) is 2.20. The summed E-state index contributed by atoms with van der Waals surface area (Å²) in [5.74, 6) is -1.94. The highest BCUT2D eigenvalue weighted by molar-refractivity contribution is 7.88. The van der Waals surface area contributed by atoms with Crippen molar-refractivity contribution in [2.75, 3.05) is 6.26 Å². The molecule has 0 saturated heterocycles. The Morgan fingerprint density at radius 3 is 2.41 bits per heavy atom. The molecule has 0 aromatic heterocycles. The molecule has 17 heavy (non-hydrogen) atoms. The molecule has 1 aliphatic heterocycles. The topological polar surface area (TPSA) is 83.9 Å². The molecule has 2 unspecified atom stereocenters. The van der Waals surface area contributed by atoms with Crippen LogP contribution in [0.4, 0.5) is 0 Å². The van der Waals surface area contributed by atoms with Crippen LogP contribution in [0.3, 0.4) is 0 Å². The van der Waals surface area contributed by atoms with E-state index < -0.39 is 33.5 Å². The molecule has 0 radical (unpaired) electrons. The summed E-state index contributed by atoms with van der Waals surface area (Å²) in [5, 5.41) is 3.89. The predicted octanol–water partition coefficient (Wildman–Crippen LogP) is -0.280. The van der Waals surface area contributed by atoms with Crippen molar-refractivity contribution >= 4 is 27.3 Å². The van der Waals surface area contributed by atoms with Gasteiger partial charge in [-0.05, 0) is 25.5 Å². The van der Waals surface area contributed by atoms with Crippen molar-refractivity contribution in [1.82, 2.24) is 4.41 Å². The molecule has 2 atom stereocenters. The van der Waals surface area contributed by atoms with Crippen molar-refractivity contribution in [1.29, 1.82) is 0 Å². The number of carbonyl (C=O) groups is 2. The maximum atomic E-state index is 11.7. The van der Waals surface area contributed by atoms with Crippen LogP contribution in [0.1, 0.15) is 13.8 Å². The van der Waals surface area contributed by atoms with Crippen LogP contribution < -0.4 is 0 Å². The van der Waals surface area contributed by atoms with Crippen LogP contribution in [0.15, 0.2) is 16.8 Å². The van der Waals surface area contributed by atoms with E-state index in [-0.39, 0.29) is 0 Å². The summed E-state index contributed by atoms with van der Waals surface area (Å²) < 4.78 is 24.0. The van der Waals surface area contributed by atoms with E-state index in [0.717, 1.165) is 10.7 Å². The quantitative estimate of drug-likeness (QED) is 0.604. The molecule has 6 nitrogen and oxygen atoms in total. The number of hydrogen-bond donors (Lipinski definition) is 0. The second-order valence-corrected chi connectivity index (χ2v) is 6.16. The molecular formula is C10H12N2O4S. The molecule has 92 valence electrons. The molecule has 0 aromatic rings. The van der Waals surface area contributed by atoms with E-state index in [9.17, 15) is 18.0 Å². The first-order valence-electron chi connectivity index (χ1n) is 5.04. The molecule has 0 fully saturated rings. The van der Waals surface area contributed by atoms with Crippen molar-refractivity contribution in [2.24, 2.45) is 11.0 Å². The van der Waals surface area contributed by atoms with Gasteiger partial charge in [-0.2, -0.15) is 9.52 Å². The van der Waals surface area contributed by atoms with E-state index in [1.54, 1.807) is 13.8 Å². The largest absolute Gasteiger partial charge is 0.290 e. The van der Waals surface area contributed by atoms with E-state index in [4.69, 9.17) is 0 Å². The Balaban J connectivity index is 2.57. The summed E-state index contributed by atoms with van der Waals surface area (Å²) in [4.78, 5) is 23.1. The van der Waals surface area contributed by atoms with Crippen molar-refractivity contribution in [3.05, 3.63) is 11.6 Å². The lowest BCUT2D eigenvalue weighted by Gasteiger charge is -2.28. The molecule has 0 saturated carbocycles. The first kappa shape index (κ1) is 12.0. The summed E-state index contributed by atoms with van der Waals surface area (Å²) in [5.41, 5.74) is 0.914. The Kier molecular flexibility index (Phi) is 2.46. The fourth-order valence-corrected chi connectivity index (χ4v) is 3.18. The fraction of sp³-hybridized carbons (Fsp3) is 0.500. The second-order valence-electron chi connectivity index (χ2n) is 4.32. The molecule has 0 spiro atoms. The number of rotatable bonds is 1. The maximum absolute atomic E-state index is 11.7. The third-order valence-electron chi connectivity index (χ3n) is 2.95. The number of sulfonamides is 1. The molecule has 2 aliphatic rings. The van der Waals surface area contributed by atoms with Gasteiger partial charge >= 0.3 is 0 Å². The monoisotopic (exact) mass is 256 g/mol. The lowest BCUT2D eigenvalue weighted by Crippen LogP contribution is -2.45. The average Bonchev–Trinajstić information content (AvgIpc) is 2.53. The number of allylic oxidation sites excluding steroid dienone is 1. The molecule has 1 heterocycles. The van der Waals surface area contributed by atoms with Gasteiger partial charge in [0.1, 0.15) is 6.04 Å². The van der Waals surface area contributed by atoms with Gasteiger partial charge in [-0.15, -0.1) is 0 Å². The highest BCUT2D eigenvalue weighted by atomic mass is 32.2. The molecular weight excluding hydrogens is 244 g/mol. The van der Waals surface area contributed by atoms with Crippen molar-refractivity contribution in [2.45, 2.75) is 19.9 Å². The predicted molar refractivity (Wildman–Crippen MR) is 60.8 cm³/mol. The lowest BCUT2D eigenvalue weighted by molar-refractivity contribution is -0.136. The normalized spacial score (nSPS) is 29.0. The zero-order valence-corrected chi connectivity index (χ0v) is 10.5. The van der Waals surface area contributed by atoms with Crippen LogP contribution in [0.2, 0.25) is 0 Å². The molecule has 0 N–H and O–H groups in total. The lowest BCUT2D eigenvalue weighted by atomic mass is 9.81. The molecule has 0 aromatic carbocycles. The number of hydrazone groups is 1. The zero-order valence-electron chi connectivity index (χ0n) is 9.67. The van der Waals surface area contributed by atoms with Gasteiger partial charge in [0.05, 0.1) is 12.2 Å². The number of ketones is 2. The SMILES string of the molecule is CC1=CC(=O)C(=O)C2C(C)=NN(S(C)(=O)=O)C12. The smallest absolute Gasteiger partial charge is 0.247 e. The van der Waals surface area contributed by atoms with Gasteiger partial charge in [0.15, 0.2) is 0 Å². The Bertz CT molecular complexity index is 573. The number of nitrogens with zero attached hydrogens (tertiary/aromatic N) is 2. The first-order valence-corrected chi connectivity index (χ1v) is 6.89. The minimum absolute atomic E-state index is 0.367. The van der Waals surface area contributed by atoms with Crippen LogP contribution in [0.25, 0.3) is 0 Å². The Morgan fingerprint density at radius 1 is 1.29 bits per heavy atom. The standard InChI is InChI=1S/C10H12N2O4S/c1-5-4-7(13)10(14)8-6(2)11-12(9(5)8)17(3,15)16/h4,8-9H,1-3H3. The first-order chi connectivity index (χ1) is 7.73. The molecule has 2 rings (SSSR count). The van der Waals surface area contributed by atoms with E-state index in [1.165, 1.54) is 6.08 Å². The Labute approximate surface area is 99.0 Å². The van der Waals surface area contributed by atoms with Crippen LogP contribution >= 0.6 is 0 Å².